The van der Waals surface area contributed by atoms with Crippen molar-refractivity contribution >= 4 is 11.7 Å². The van der Waals surface area contributed by atoms with Gasteiger partial charge in [0.05, 0.1) is 26.3 Å². The topological polar surface area (TPSA) is 50.8 Å². The first-order chi connectivity index (χ1) is 15.3. The lowest BCUT2D eigenvalue weighted by Crippen LogP contribution is -2.34. The summed E-state index contributed by atoms with van der Waals surface area (Å²) in [4.78, 5) is 14.6. The molecule has 168 valence electrons. The summed E-state index contributed by atoms with van der Waals surface area (Å²) in [6.07, 6.45) is -4.50. The van der Waals surface area contributed by atoms with Crippen LogP contribution in [0.1, 0.15) is 16.7 Å². The van der Waals surface area contributed by atoms with Crippen LogP contribution in [0.25, 0.3) is 0 Å². The highest BCUT2D eigenvalue weighted by molar-refractivity contribution is 5.89. The van der Waals surface area contributed by atoms with Crippen molar-refractivity contribution in [2.24, 2.45) is 0 Å². The molecule has 0 aliphatic carbocycles. The fraction of sp³-hybridized carbons (Fsp3) is 0.208. The van der Waals surface area contributed by atoms with E-state index in [0.29, 0.717) is 11.5 Å². The molecule has 1 N–H and O–H groups in total. The number of hydrogen-bond acceptors (Lipinski definition) is 3. The van der Waals surface area contributed by atoms with Gasteiger partial charge in [0, 0.05) is 23.9 Å². The van der Waals surface area contributed by atoms with Crippen LogP contribution in [0.3, 0.4) is 0 Å². The molecule has 0 saturated carbocycles. The smallest absolute Gasteiger partial charge is 0.416 e. The maximum atomic E-state index is 13.1. The van der Waals surface area contributed by atoms with E-state index in [9.17, 15) is 18.0 Å². The highest BCUT2D eigenvalue weighted by atomic mass is 19.4. The average Bonchev–Trinajstić information content (AvgIpc) is 2.79. The van der Waals surface area contributed by atoms with Gasteiger partial charge in [0.15, 0.2) is 0 Å². The van der Waals surface area contributed by atoms with Crippen molar-refractivity contribution in [1.82, 2.24) is 4.90 Å². The van der Waals surface area contributed by atoms with Crippen molar-refractivity contribution in [3.05, 3.63) is 89.5 Å². The van der Waals surface area contributed by atoms with E-state index in [1.54, 1.807) is 25.3 Å². The van der Waals surface area contributed by atoms with Crippen molar-refractivity contribution in [2.45, 2.75) is 19.3 Å². The summed E-state index contributed by atoms with van der Waals surface area (Å²) < 4.78 is 49.8. The quantitative estimate of drug-likeness (QED) is 0.489. The normalized spacial score (nSPS) is 11.0. The molecule has 32 heavy (non-hydrogen) atoms. The van der Waals surface area contributed by atoms with Crippen LogP contribution >= 0.6 is 0 Å². The molecule has 0 aromatic heterocycles. The van der Waals surface area contributed by atoms with E-state index in [0.717, 1.165) is 23.3 Å². The number of rotatable bonds is 7. The molecular weight excluding hydrogens is 421 g/mol. The molecule has 8 heteroatoms. The minimum Gasteiger partial charge on any atom is -0.497 e. The van der Waals surface area contributed by atoms with Crippen molar-refractivity contribution in [1.29, 1.82) is 0 Å². The standard InChI is InChI=1S/C24H23F3N2O3/c1-31-21-12-11-18(22(14-21)32-2)16-29(15-17-7-4-3-5-8-17)23(30)28-20-10-6-9-19(13-20)24(25,26)27/h3-14H,15-16H2,1-2H3,(H,28,30). The van der Waals surface area contributed by atoms with E-state index in [-0.39, 0.29) is 18.8 Å². The molecule has 0 fully saturated rings. The third-order valence-electron chi connectivity index (χ3n) is 4.80. The molecule has 5 nitrogen and oxygen atoms in total. The third kappa shape index (κ3) is 5.94. The second kappa shape index (κ2) is 10.1. The van der Waals surface area contributed by atoms with E-state index < -0.39 is 17.8 Å². The van der Waals surface area contributed by atoms with Gasteiger partial charge in [0.25, 0.3) is 0 Å². The van der Waals surface area contributed by atoms with Gasteiger partial charge in [0.1, 0.15) is 11.5 Å². The summed E-state index contributed by atoms with van der Waals surface area (Å²) in [7, 11) is 3.06. The van der Waals surface area contributed by atoms with Crippen LogP contribution in [0.2, 0.25) is 0 Å². The van der Waals surface area contributed by atoms with Crippen LogP contribution in [-0.4, -0.2) is 25.2 Å². The molecule has 0 saturated heterocycles. The van der Waals surface area contributed by atoms with Gasteiger partial charge in [-0.15, -0.1) is 0 Å². The highest BCUT2D eigenvalue weighted by Gasteiger charge is 2.30. The first-order valence-electron chi connectivity index (χ1n) is 9.78. The second-order valence-corrected chi connectivity index (χ2v) is 7.03. The van der Waals surface area contributed by atoms with Gasteiger partial charge in [-0.1, -0.05) is 36.4 Å². The number of benzene rings is 3. The van der Waals surface area contributed by atoms with Gasteiger partial charge in [-0.05, 0) is 35.9 Å². The number of ether oxygens (including phenoxy) is 2. The number of methoxy groups -OCH3 is 2. The largest absolute Gasteiger partial charge is 0.497 e. The van der Waals surface area contributed by atoms with Crippen LogP contribution in [0.5, 0.6) is 11.5 Å². The Hall–Kier alpha value is -3.68. The van der Waals surface area contributed by atoms with Gasteiger partial charge < -0.3 is 19.7 Å². The van der Waals surface area contributed by atoms with Crippen LogP contribution in [0.15, 0.2) is 72.8 Å². The SMILES string of the molecule is COc1ccc(CN(Cc2ccccc2)C(=O)Nc2cccc(C(F)(F)F)c2)c(OC)c1. The van der Waals surface area contributed by atoms with Crippen molar-refractivity contribution in [3.63, 3.8) is 0 Å². The van der Waals surface area contributed by atoms with Gasteiger partial charge in [0.2, 0.25) is 0 Å². The lowest BCUT2D eigenvalue weighted by molar-refractivity contribution is -0.137. The van der Waals surface area contributed by atoms with Crippen LogP contribution in [-0.2, 0) is 19.3 Å². The van der Waals surface area contributed by atoms with E-state index in [4.69, 9.17) is 9.47 Å². The molecule has 3 rings (SSSR count). The summed E-state index contributed by atoms with van der Waals surface area (Å²) in [6, 6.07) is 18.6. The monoisotopic (exact) mass is 444 g/mol. The summed E-state index contributed by atoms with van der Waals surface area (Å²) in [5.74, 6) is 1.14. The summed E-state index contributed by atoms with van der Waals surface area (Å²) in [6.45, 7) is 0.424. The Morgan fingerprint density at radius 1 is 0.906 bits per heavy atom. The number of anilines is 1. The van der Waals surface area contributed by atoms with Crippen molar-refractivity contribution in [3.8, 4) is 11.5 Å². The maximum absolute atomic E-state index is 13.1. The molecular formula is C24H23F3N2O3. The van der Waals surface area contributed by atoms with E-state index in [1.165, 1.54) is 24.1 Å². The van der Waals surface area contributed by atoms with E-state index in [2.05, 4.69) is 5.32 Å². The summed E-state index contributed by atoms with van der Waals surface area (Å²) in [5.41, 5.74) is 0.828. The maximum Gasteiger partial charge on any atom is 0.416 e. The Morgan fingerprint density at radius 2 is 1.66 bits per heavy atom. The molecule has 0 aliphatic heterocycles. The zero-order valence-electron chi connectivity index (χ0n) is 17.6. The van der Waals surface area contributed by atoms with Gasteiger partial charge in [-0.2, -0.15) is 13.2 Å². The fourth-order valence-electron chi connectivity index (χ4n) is 3.17. The molecule has 0 radical (unpaired) electrons. The number of amides is 2. The Bertz CT molecular complexity index is 1060. The van der Waals surface area contributed by atoms with Gasteiger partial charge >= 0.3 is 12.2 Å². The highest BCUT2D eigenvalue weighted by Crippen LogP contribution is 2.31. The molecule has 0 spiro atoms. The van der Waals surface area contributed by atoms with Crippen LogP contribution in [0.4, 0.5) is 23.7 Å². The van der Waals surface area contributed by atoms with Crippen molar-refractivity contribution in [2.75, 3.05) is 19.5 Å². The molecule has 0 unspecified atom stereocenters. The Kier molecular flexibility index (Phi) is 7.25. The number of urea groups is 1. The number of nitrogens with zero attached hydrogens (tertiary/aromatic N) is 1. The third-order valence-corrected chi connectivity index (χ3v) is 4.80. The number of alkyl halides is 3. The predicted octanol–water partition coefficient (Wildman–Crippen LogP) is 5.96. The van der Waals surface area contributed by atoms with Gasteiger partial charge in [-0.25, -0.2) is 4.79 Å². The Morgan fingerprint density at radius 3 is 2.31 bits per heavy atom. The van der Waals surface area contributed by atoms with Gasteiger partial charge in [-0.3, -0.25) is 0 Å². The minimum atomic E-state index is -4.50. The number of halogens is 3. The van der Waals surface area contributed by atoms with Crippen molar-refractivity contribution < 1.29 is 27.4 Å². The number of hydrogen-bond donors (Lipinski definition) is 1. The first-order valence-corrected chi connectivity index (χ1v) is 9.78. The lowest BCUT2D eigenvalue weighted by Gasteiger charge is -2.25. The summed E-state index contributed by atoms with van der Waals surface area (Å²) in [5, 5.41) is 2.58. The number of nitrogens with one attached hydrogen (secondary N) is 1. The zero-order chi connectivity index (χ0) is 23.1. The zero-order valence-corrected chi connectivity index (χ0v) is 17.6. The summed E-state index contributed by atoms with van der Waals surface area (Å²) >= 11 is 0. The molecule has 3 aromatic carbocycles. The molecule has 0 aliphatic rings. The molecule has 0 heterocycles. The number of carbonyl (C=O) groups is 1. The predicted molar refractivity (Wildman–Crippen MR) is 116 cm³/mol. The molecule has 0 bridgehead atoms. The average molecular weight is 444 g/mol. The first kappa shape index (κ1) is 23.0. The minimum absolute atomic E-state index is 0.0598. The molecule has 3 aromatic rings. The Labute approximate surface area is 184 Å². The number of carbonyl (C=O) groups excluding carboxylic acids is 1. The molecule has 2 amide bonds. The lowest BCUT2D eigenvalue weighted by atomic mass is 10.1. The van der Waals surface area contributed by atoms with E-state index in [1.807, 2.05) is 30.3 Å². The Balaban J connectivity index is 1.87. The van der Waals surface area contributed by atoms with Crippen LogP contribution < -0.4 is 14.8 Å². The van der Waals surface area contributed by atoms with E-state index >= 15 is 0 Å². The molecule has 0 atom stereocenters. The second-order valence-electron chi connectivity index (χ2n) is 7.03. The van der Waals surface area contributed by atoms with Crippen LogP contribution in [0, 0.1) is 0 Å². The fourth-order valence-corrected chi connectivity index (χ4v) is 3.17.